The van der Waals surface area contributed by atoms with Crippen LogP contribution in [0.5, 0.6) is 0 Å². The molecule has 3 rings (SSSR count). The first-order chi connectivity index (χ1) is 12.6. The third kappa shape index (κ3) is 4.73. The fraction of sp³-hybridized carbons (Fsp3) is 0.0476. The third-order valence-electron chi connectivity index (χ3n) is 3.70. The van der Waals surface area contributed by atoms with Crippen molar-refractivity contribution in [2.24, 2.45) is 9.98 Å². The van der Waals surface area contributed by atoms with Crippen LogP contribution in [-0.2, 0) is 0 Å². The van der Waals surface area contributed by atoms with Crippen molar-refractivity contribution in [3.63, 3.8) is 0 Å². The second-order valence-corrected chi connectivity index (χ2v) is 6.72. The van der Waals surface area contributed by atoms with Gasteiger partial charge in [0.2, 0.25) is 0 Å². The van der Waals surface area contributed by atoms with Crippen molar-refractivity contribution in [3.05, 3.63) is 105 Å². The average Bonchev–Trinajstić information content (AvgIpc) is 2.65. The molecule has 0 atom stereocenters. The molecule has 5 heteroatoms. The molecule has 130 valence electrons. The van der Waals surface area contributed by atoms with E-state index in [0.717, 1.165) is 16.7 Å². The van der Waals surface area contributed by atoms with Gasteiger partial charge in [0.25, 0.3) is 0 Å². The van der Waals surface area contributed by atoms with E-state index in [1.54, 1.807) is 12.4 Å². The molecule has 26 heavy (non-hydrogen) atoms. The Hall–Kier alpha value is -2.13. The molecule has 0 heterocycles. The first-order valence-electron chi connectivity index (χ1n) is 7.95. The van der Waals surface area contributed by atoms with Crippen LogP contribution in [0.25, 0.3) is 0 Å². The van der Waals surface area contributed by atoms with Crippen LogP contribution in [0.4, 0.5) is 0 Å². The van der Waals surface area contributed by atoms with Crippen LogP contribution in [0.15, 0.2) is 82.8 Å². The van der Waals surface area contributed by atoms with Gasteiger partial charge in [0, 0.05) is 44.2 Å². The molecule has 0 saturated heterocycles. The topological polar surface area (TPSA) is 24.7 Å². The Bertz CT molecular complexity index is 896. The first-order valence-corrected chi connectivity index (χ1v) is 9.08. The Labute approximate surface area is 167 Å². The number of halogens is 3. The van der Waals surface area contributed by atoms with Crippen LogP contribution in [0.1, 0.15) is 22.9 Å². The van der Waals surface area contributed by atoms with Gasteiger partial charge >= 0.3 is 0 Å². The van der Waals surface area contributed by atoms with Gasteiger partial charge in [-0.2, -0.15) is 0 Å². The molecule has 3 aromatic carbocycles. The summed E-state index contributed by atoms with van der Waals surface area (Å²) in [6, 6.07) is 22.5. The van der Waals surface area contributed by atoms with Gasteiger partial charge in [0.05, 0.1) is 0 Å². The van der Waals surface area contributed by atoms with Crippen LogP contribution in [0.2, 0.25) is 15.1 Å². The van der Waals surface area contributed by atoms with Gasteiger partial charge in [0.1, 0.15) is 0 Å². The van der Waals surface area contributed by atoms with E-state index in [0.29, 0.717) is 15.1 Å². The minimum atomic E-state index is -0.503. The Morgan fingerprint density at radius 3 is 1.46 bits per heavy atom. The van der Waals surface area contributed by atoms with Gasteiger partial charge in [-0.15, -0.1) is 0 Å². The van der Waals surface area contributed by atoms with E-state index in [2.05, 4.69) is 9.98 Å². The summed E-state index contributed by atoms with van der Waals surface area (Å²) in [7, 11) is 0. The summed E-state index contributed by atoms with van der Waals surface area (Å²) in [6.07, 6.45) is 2.91. The molecule has 0 bridgehead atoms. The van der Waals surface area contributed by atoms with E-state index in [1.807, 2.05) is 72.8 Å². The average molecular weight is 402 g/mol. The summed E-state index contributed by atoms with van der Waals surface area (Å²) in [5, 5.41) is 1.86. The van der Waals surface area contributed by atoms with Crippen molar-refractivity contribution >= 4 is 47.2 Å². The summed E-state index contributed by atoms with van der Waals surface area (Å²) >= 11 is 18.8. The van der Waals surface area contributed by atoms with Gasteiger partial charge < -0.3 is 0 Å². The van der Waals surface area contributed by atoms with Gasteiger partial charge in [-0.25, -0.2) is 0 Å². The molecule has 0 aliphatic carbocycles. The Morgan fingerprint density at radius 2 is 1.00 bits per heavy atom. The van der Waals surface area contributed by atoms with Crippen molar-refractivity contribution in [1.82, 2.24) is 0 Å². The zero-order chi connectivity index (χ0) is 18.4. The number of nitrogens with zero attached hydrogens (tertiary/aromatic N) is 2. The van der Waals surface area contributed by atoms with E-state index in [4.69, 9.17) is 34.8 Å². The molecule has 0 aliphatic rings. The minimum Gasteiger partial charge on any atom is -0.261 e. The Balaban J connectivity index is 1.96. The molecule has 0 aromatic heterocycles. The highest BCUT2D eigenvalue weighted by molar-refractivity contribution is 6.33. The number of rotatable bonds is 5. The monoisotopic (exact) mass is 400 g/mol. The maximum Gasteiger partial charge on any atom is 0.166 e. The maximum atomic E-state index is 6.35. The molecule has 0 radical (unpaired) electrons. The lowest BCUT2D eigenvalue weighted by atomic mass is 10.1. The lowest BCUT2D eigenvalue weighted by molar-refractivity contribution is 0.787. The van der Waals surface area contributed by atoms with Gasteiger partial charge in [-0.1, -0.05) is 89.4 Å². The minimum absolute atomic E-state index is 0.503. The van der Waals surface area contributed by atoms with Crippen molar-refractivity contribution < 1.29 is 0 Å². The number of hydrogen-bond acceptors (Lipinski definition) is 2. The van der Waals surface area contributed by atoms with Gasteiger partial charge in [-0.05, 0) is 18.2 Å². The fourth-order valence-corrected chi connectivity index (χ4v) is 2.95. The largest absolute Gasteiger partial charge is 0.261 e. The zero-order valence-corrected chi connectivity index (χ0v) is 16.0. The molecule has 0 N–H and O–H groups in total. The Kier molecular flexibility index (Phi) is 6.45. The molecule has 0 unspecified atom stereocenters. The predicted octanol–water partition coefficient (Wildman–Crippen LogP) is 6.88. The molecular weight excluding hydrogens is 387 g/mol. The molecule has 0 spiro atoms. The third-order valence-corrected chi connectivity index (χ3v) is 4.74. The van der Waals surface area contributed by atoms with E-state index < -0.39 is 6.17 Å². The first kappa shape index (κ1) is 18.7. The second kappa shape index (κ2) is 9.00. The molecular formula is C21H15Cl3N2. The Morgan fingerprint density at radius 1 is 0.577 bits per heavy atom. The zero-order valence-electron chi connectivity index (χ0n) is 13.7. The molecule has 0 aliphatic heterocycles. The lowest BCUT2D eigenvalue weighted by Gasteiger charge is -2.10. The SMILES string of the molecule is Clc1ccccc1/C=N\C(/N=C\c1ccccc1Cl)c1ccccc1Cl. The van der Waals surface area contributed by atoms with Crippen molar-refractivity contribution in [3.8, 4) is 0 Å². The van der Waals surface area contributed by atoms with Gasteiger partial charge in [0.15, 0.2) is 6.17 Å². The second-order valence-electron chi connectivity index (χ2n) is 5.49. The van der Waals surface area contributed by atoms with Gasteiger partial charge in [-0.3, -0.25) is 9.98 Å². The number of hydrogen-bond donors (Lipinski definition) is 0. The maximum absolute atomic E-state index is 6.35. The van der Waals surface area contributed by atoms with Crippen LogP contribution in [0, 0.1) is 0 Å². The van der Waals surface area contributed by atoms with Crippen LogP contribution >= 0.6 is 34.8 Å². The summed E-state index contributed by atoms with van der Waals surface area (Å²) in [6.45, 7) is 0. The summed E-state index contributed by atoms with van der Waals surface area (Å²) in [5.41, 5.74) is 2.44. The molecule has 0 saturated carbocycles. The molecule has 0 amide bonds. The van der Waals surface area contributed by atoms with Crippen molar-refractivity contribution in [2.75, 3.05) is 0 Å². The van der Waals surface area contributed by atoms with E-state index in [-0.39, 0.29) is 0 Å². The number of aliphatic imine (C=N–C) groups is 2. The van der Waals surface area contributed by atoms with Crippen LogP contribution < -0.4 is 0 Å². The van der Waals surface area contributed by atoms with E-state index in [1.165, 1.54) is 0 Å². The standard InChI is InChI=1S/C21H15Cl3N2/c22-18-10-4-1-7-15(18)13-25-21(17-9-3-6-12-20(17)24)26-14-16-8-2-5-11-19(16)23/h1-14,21H/b25-13-,26-14-. The smallest absolute Gasteiger partial charge is 0.166 e. The fourth-order valence-electron chi connectivity index (χ4n) is 2.34. The van der Waals surface area contributed by atoms with E-state index >= 15 is 0 Å². The van der Waals surface area contributed by atoms with Crippen molar-refractivity contribution in [2.45, 2.75) is 6.17 Å². The highest BCUT2D eigenvalue weighted by Gasteiger charge is 2.11. The predicted molar refractivity (Wildman–Crippen MR) is 112 cm³/mol. The lowest BCUT2D eigenvalue weighted by Crippen LogP contribution is -1.96. The van der Waals surface area contributed by atoms with Crippen molar-refractivity contribution in [1.29, 1.82) is 0 Å². The van der Waals surface area contributed by atoms with E-state index in [9.17, 15) is 0 Å². The van der Waals surface area contributed by atoms with Crippen LogP contribution in [-0.4, -0.2) is 12.4 Å². The highest BCUT2D eigenvalue weighted by atomic mass is 35.5. The number of benzene rings is 3. The summed E-state index contributed by atoms with van der Waals surface area (Å²) < 4.78 is 0. The quantitative estimate of drug-likeness (QED) is 0.416. The molecule has 0 fully saturated rings. The normalized spacial score (nSPS) is 11.7. The highest BCUT2D eigenvalue weighted by Crippen LogP contribution is 2.27. The summed E-state index contributed by atoms with van der Waals surface area (Å²) in [5.74, 6) is 0. The summed E-state index contributed by atoms with van der Waals surface area (Å²) in [4.78, 5) is 9.19. The molecule has 3 aromatic rings. The molecule has 2 nitrogen and oxygen atoms in total. The van der Waals surface area contributed by atoms with Crippen LogP contribution in [0.3, 0.4) is 0 Å².